The molecule has 0 amide bonds. The van der Waals surface area contributed by atoms with Crippen molar-refractivity contribution in [1.29, 1.82) is 0 Å². The Hall–Kier alpha value is -0.0800. The molecule has 2 atom stereocenters. The van der Waals surface area contributed by atoms with Crippen molar-refractivity contribution < 1.29 is 0 Å². The van der Waals surface area contributed by atoms with Crippen LogP contribution in [0.3, 0.4) is 0 Å². The molecule has 0 spiro atoms. The van der Waals surface area contributed by atoms with Crippen LogP contribution in [0.5, 0.6) is 0 Å². The lowest BCUT2D eigenvalue weighted by atomic mass is 9.82. The Bertz CT molecular complexity index is 197. The molecule has 2 aliphatic rings. The van der Waals surface area contributed by atoms with Crippen molar-refractivity contribution in [1.82, 2.24) is 10.6 Å². The zero-order valence-electron chi connectivity index (χ0n) is 11.0. The van der Waals surface area contributed by atoms with E-state index < -0.39 is 0 Å². The molecule has 16 heavy (non-hydrogen) atoms. The van der Waals surface area contributed by atoms with Gasteiger partial charge in [-0.25, -0.2) is 0 Å². The summed E-state index contributed by atoms with van der Waals surface area (Å²) in [5.41, 5.74) is 0. The molecule has 0 aromatic rings. The first-order valence-electron chi connectivity index (χ1n) is 7.20. The van der Waals surface area contributed by atoms with Gasteiger partial charge in [-0.3, -0.25) is 0 Å². The molecular weight excluding hydrogens is 196 g/mol. The number of hydrogen-bond acceptors (Lipinski definition) is 2. The summed E-state index contributed by atoms with van der Waals surface area (Å²) in [5, 5.41) is 7.28. The normalized spacial score (nSPS) is 40.9. The van der Waals surface area contributed by atoms with Crippen molar-refractivity contribution in [2.75, 3.05) is 19.6 Å². The van der Waals surface area contributed by atoms with Gasteiger partial charge in [0.25, 0.3) is 0 Å². The van der Waals surface area contributed by atoms with Gasteiger partial charge >= 0.3 is 0 Å². The fraction of sp³-hybridized carbons (Fsp3) is 1.00. The fourth-order valence-electron chi connectivity index (χ4n) is 3.17. The predicted molar refractivity (Wildman–Crippen MR) is 69.6 cm³/mol. The van der Waals surface area contributed by atoms with E-state index in [0.717, 1.165) is 23.8 Å². The van der Waals surface area contributed by atoms with Crippen LogP contribution in [0, 0.1) is 17.8 Å². The van der Waals surface area contributed by atoms with Crippen LogP contribution in [0.1, 0.15) is 46.0 Å². The maximum atomic E-state index is 3.82. The Kier molecular flexibility index (Phi) is 4.66. The third kappa shape index (κ3) is 3.46. The van der Waals surface area contributed by atoms with Gasteiger partial charge in [-0.2, -0.15) is 0 Å². The van der Waals surface area contributed by atoms with Crippen LogP contribution in [-0.4, -0.2) is 25.7 Å². The van der Waals surface area contributed by atoms with Gasteiger partial charge in [0.05, 0.1) is 0 Å². The molecule has 0 bridgehead atoms. The van der Waals surface area contributed by atoms with Gasteiger partial charge in [0, 0.05) is 6.04 Å². The molecule has 2 fully saturated rings. The van der Waals surface area contributed by atoms with E-state index in [-0.39, 0.29) is 0 Å². The second-order valence-electron chi connectivity index (χ2n) is 6.11. The topological polar surface area (TPSA) is 24.1 Å². The number of piperidine rings is 1. The Morgan fingerprint density at radius 3 is 2.50 bits per heavy atom. The maximum Gasteiger partial charge on any atom is 0.0117 e. The van der Waals surface area contributed by atoms with Crippen LogP contribution < -0.4 is 10.6 Å². The highest BCUT2D eigenvalue weighted by Gasteiger charge is 2.23. The Morgan fingerprint density at radius 1 is 1.06 bits per heavy atom. The van der Waals surface area contributed by atoms with Gasteiger partial charge in [0.2, 0.25) is 0 Å². The minimum absolute atomic E-state index is 0.764. The van der Waals surface area contributed by atoms with Crippen molar-refractivity contribution in [3.8, 4) is 0 Å². The lowest BCUT2D eigenvalue weighted by Crippen LogP contribution is -2.47. The van der Waals surface area contributed by atoms with Crippen molar-refractivity contribution in [3.63, 3.8) is 0 Å². The molecule has 1 aliphatic carbocycles. The molecular formula is C14H28N2. The van der Waals surface area contributed by atoms with E-state index >= 15 is 0 Å². The molecule has 1 saturated carbocycles. The predicted octanol–water partition coefficient (Wildman–Crippen LogP) is 2.40. The molecule has 2 nitrogen and oxygen atoms in total. The standard InChI is InChI=1S/C14H28N2/c1-11-3-5-13(6-4-11)10-16-14-7-8-15-9-12(14)2/h11-16H,3-10H2,1-2H3. The summed E-state index contributed by atoms with van der Waals surface area (Å²) in [6, 6.07) is 0.764. The summed E-state index contributed by atoms with van der Waals surface area (Å²) in [6.45, 7) is 8.43. The van der Waals surface area contributed by atoms with Crippen LogP contribution in [-0.2, 0) is 0 Å². The van der Waals surface area contributed by atoms with E-state index in [2.05, 4.69) is 24.5 Å². The van der Waals surface area contributed by atoms with Crippen molar-refractivity contribution in [2.24, 2.45) is 17.8 Å². The second kappa shape index (κ2) is 6.02. The van der Waals surface area contributed by atoms with Gasteiger partial charge in [-0.1, -0.05) is 26.7 Å². The van der Waals surface area contributed by atoms with E-state index in [0.29, 0.717) is 0 Å². The van der Waals surface area contributed by atoms with Crippen LogP contribution in [0.15, 0.2) is 0 Å². The highest BCUT2D eigenvalue weighted by Crippen LogP contribution is 2.28. The largest absolute Gasteiger partial charge is 0.316 e. The SMILES string of the molecule is CC1CCC(CNC2CCNCC2C)CC1. The zero-order valence-corrected chi connectivity index (χ0v) is 11.0. The Labute approximate surface area is 101 Å². The van der Waals surface area contributed by atoms with Gasteiger partial charge in [-0.15, -0.1) is 0 Å². The van der Waals surface area contributed by atoms with Crippen LogP contribution in [0.2, 0.25) is 0 Å². The maximum absolute atomic E-state index is 3.82. The van der Waals surface area contributed by atoms with Gasteiger partial charge < -0.3 is 10.6 Å². The molecule has 2 rings (SSSR count). The summed E-state index contributed by atoms with van der Waals surface area (Å²) >= 11 is 0. The molecule has 1 aliphatic heterocycles. The van der Waals surface area contributed by atoms with Gasteiger partial charge in [0.1, 0.15) is 0 Å². The third-order valence-electron chi connectivity index (χ3n) is 4.59. The summed E-state index contributed by atoms with van der Waals surface area (Å²) in [7, 11) is 0. The summed E-state index contributed by atoms with van der Waals surface area (Å²) in [4.78, 5) is 0. The number of rotatable bonds is 3. The van der Waals surface area contributed by atoms with Crippen LogP contribution in [0.4, 0.5) is 0 Å². The van der Waals surface area contributed by atoms with Crippen molar-refractivity contribution in [2.45, 2.75) is 52.0 Å². The van der Waals surface area contributed by atoms with E-state index in [1.54, 1.807) is 0 Å². The first kappa shape index (κ1) is 12.4. The summed E-state index contributed by atoms with van der Waals surface area (Å²) in [6.07, 6.45) is 7.12. The first-order chi connectivity index (χ1) is 7.75. The zero-order chi connectivity index (χ0) is 11.4. The lowest BCUT2D eigenvalue weighted by molar-refractivity contribution is 0.241. The average Bonchev–Trinajstić information content (AvgIpc) is 2.30. The monoisotopic (exact) mass is 224 g/mol. The van der Waals surface area contributed by atoms with Crippen molar-refractivity contribution in [3.05, 3.63) is 0 Å². The minimum Gasteiger partial charge on any atom is -0.316 e. The minimum atomic E-state index is 0.764. The van der Waals surface area contributed by atoms with Gasteiger partial charge in [-0.05, 0) is 56.7 Å². The first-order valence-corrected chi connectivity index (χ1v) is 7.20. The molecule has 1 heterocycles. The quantitative estimate of drug-likeness (QED) is 0.769. The Morgan fingerprint density at radius 2 is 1.81 bits per heavy atom. The van der Waals surface area contributed by atoms with E-state index in [9.17, 15) is 0 Å². The highest BCUT2D eigenvalue weighted by molar-refractivity contribution is 4.82. The molecule has 2 unspecified atom stereocenters. The summed E-state index contributed by atoms with van der Waals surface area (Å²) in [5.74, 6) is 2.74. The molecule has 0 aromatic carbocycles. The lowest BCUT2D eigenvalue weighted by Gasteiger charge is -2.33. The molecule has 2 heteroatoms. The highest BCUT2D eigenvalue weighted by atomic mass is 15.0. The molecule has 0 radical (unpaired) electrons. The van der Waals surface area contributed by atoms with Gasteiger partial charge in [0.15, 0.2) is 0 Å². The molecule has 0 aromatic heterocycles. The van der Waals surface area contributed by atoms with Crippen LogP contribution in [0.25, 0.3) is 0 Å². The number of nitrogens with one attached hydrogen (secondary N) is 2. The Balaban J connectivity index is 1.66. The van der Waals surface area contributed by atoms with Crippen LogP contribution >= 0.6 is 0 Å². The van der Waals surface area contributed by atoms with Crippen molar-refractivity contribution >= 4 is 0 Å². The average molecular weight is 224 g/mol. The third-order valence-corrected chi connectivity index (χ3v) is 4.59. The molecule has 2 N–H and O–H groups in total. The van der Waals surface area contributed by atoms with E-state index in [1.807, 2.05) is 0 Å². The van der Waals surface area contributed by atoms with E-state index in [4.69, 9.17) is 0 Å². The summed E-state index contributed by atoms with van der Waals surface area (Å²) < 4.78 is 0. The van der Waals surface area contributed by atoms with E-state index in [1.165, 1.54) is 51.7 Å². The molecule has 1 saturated heterocycles. The second-order valence-corrected chi connectivity index (χ2v) is 6.11. The number of hydrogen-bond donors (Lipinski definition) is 2. The smallest absolute Gasteiger partial charge is 0.0117 e. The fourth-order valence-corrected chi connectivity index (χ4v) is 3.17. The molecule has 94 valence electrons.